The minimum absolute atomic E-state index is 0.398. The Labute approximate surface area is 87.0 Å². The molecule has 76 valence electrons. The third-order valence-electron chi connectivity index (χ3n) is 1.65. The third kappa shape index (κ3) is 2.61. The van der Waals surface area contributed by atoms with Gasteiger partial charge in [-0.2, -0.15) is 0 Å². The number of carbonyl (C=O) groups is 1. The standard InChI is InChI=1S/C9H11ClN2O2/c1-6(9(13)12-11)14-8-5-3-2-4-7(8)10/h2-6H,11H2,1H3,(H,12,13)/t6-/m1/s1. The molecule has 0 fully saturated rings. The Bertz CT molecular complexity index is 330. The fourth-order valence-electron chi connectivity index (χ4n) is 0.902. The quantitative estimate of drug-likeness (QED) is 0.450. The van der Waals surface area contributed by atoms with E-state index in [1.807, 2.05) is 5.43 Å². The number of hydrogen-bond acceptors (Lipinski definition) is 3. The van der Waals surface area contributed by atoms with Crippen LogP contribution in [-0.4, -0.2) is 12.0 Å². The van der Waals surface area contributed by atoms with Crippen LogP contribution >= 0.6 is 11.6 Å². The predicted molar refractivity (Wildman–Crippen MR) is 53.9 cm³/mol. The number of benzene rings is 1. The van der Waals surface area contributed by atoms with Crippen LogP contribution in [0.25, 0.3) is 0 Å². The van der Waals surface area contributed by atoms with E-state index in [0.29, 0.717) is 10.8 Å². The number of hydrazine groups is 1. The summed E-state index contributed by atoms with van der Waals surface area (Å²) in [6.07, 6.45) is -0.667. The Balaban J connectivity index is 2.69. The molecule has 4 nitrogen and oxygen atoms in total. The van der Waals surface area contributed by atoms with Gasteiger partial charge in [-0.25, -0.2) is 5.84 Å². The molecule has 0 aliphatic carbocycles. The van der Waals surface area contributed by atoms with Crippen LogP contribution in [-0.2, 0) is 4.79 Å². The van der Waals surface area contributed by atoms with Gasteiger partial charge in [-0.3, -0.25) is 10.2 Å². The molecule has 0 aromatic heterocycles. The molecule has 0 aliphatic heterocycles. The van der Waals surface area contributed by atoms with Crippen molar-refractivity contribution in [2.24, 2.45) is 5.84 Å². The van der Waals surface area contributed by atoms with Crippen LogP contribution in [0.15, 0.2) is 24.3 Å². The summed E-state index contributed by atoms with van der Waals surface area (Å²) >= 11 is 5.83. The molecular formula is C9H11ClN2O2. The molecule has 0 unspecified atom stereocenters. The Morgan fingerprint density at radius 1 is 1.57 bits per heavy atom. The van der Waals surface area contributed by atoms with Gasteiger partial charge >= 0.3 is 0 Å². The lowest BCUT2D eigenvalue weighted by molar-refractivity contribution is -0.127. The first kappa shape index (κ1) is 10.8. The highest BCUT2D eigenvalue weighted by molar-refractivity contribution is 6.32. The molecule has 1 amide bonds. The molecule has 0 heterocycles. The van der Waals surface area contributed by atoms with Crippen LogP contribution in [0.3, 0.4) is 0 Å². The second-order valence-corrected chi connectivity index (χ2v) is 3.11. The van der Waals surface area contributed by atoms with E-state index in [0.717, 1.165) is 0 Å². The lowest BCUT2D eigenvalue weighted by atomic mass is 10.3. The lowest BCUT2D eigenvalue weighted by Crippen LogP contribution is -2.40. The van der Waals surface area contributed by atoms with Gasteiger partial charge in [-0.15, -0.1) is 0 Å². The van der Waals surface area contributed by atoms with Crippen molar-refractivity contribution >= 4 is 17.5 Å². The number of carbonyl (C=O) groups excluding carboxylic acids is 1. The van der Waals surface area contributed by atoms with Crippen molar-refractivity contribution in [2.45, 2.75) is 13.0 Å². The Morgan fingerprint density at radius 3 is 2.79 bits per heavy atom. The van der Waals surface area contributed by atoms with Crippen LogP contribution in [0, 0.1) is 0 Å². The van der Waals surface area contributed by atoms with Gasteiger partial charge < -0.3 is 4.74 Å². The second-order valence-electron chi connectivity index (χ2n) is 2.70. The third-order valence-corrected chi connectivity index (χ3v) is 1.96. The van der Waals surface area contributed by atoms with Crippen LogP contribution in [0.5, 0.6) is 5.75 Å². The zero-order chi connectivity index (χ0) is 10.6. The van der Waals surface area contributed by atoms with Gasteiger partial charge in [0.15, 0.2) is 6.10 Å². The number of rotatable bonds is 3. The first-order valence-corrected chi connectivity index (χ1v) is 4.44. The number of nitrogens with two attached hydrogens (primary N) is 1. The van der Waals surface area contributed by atoms with Crippen LogP contribution in [0.2, 0.25) is 5.02 Å². The highest BCUT2D eigenvalue weighted by Gasteiger charge is 2.13. The summed E-state index contributed by atoms with van der Waals surface area (Å²) < 4.78 is 5.27. The topological polar surface area (TPSA) is 64.3 Å². The number of halogens is 1. The van der Waals surface area contributed by atoms with Crippen LogP contribution in [0.4, 0.5) is 0 Å². The van der Waals surface area contributed by atoms with Crippen LogP contribution < -0.4 is 16.0 Å². The second kappa shape index (κ2) is 4.83. The molecule has 3 N–H and O–H groups in total. The molecule has 0 aliphatic rings. The van der Waals surface area contributed by atoms with Crippen molar-refractivity contribution in [2.75, 3.05) is 0 Å². The normalized spacial score (nSPS) is 11.9. The molecule has 0 saturated heterocycles. The number of hydrogen-bond donors (Lipinski definition) is 2. The first-order chi connectivity index (χ1) is 6.65. The van der Waals surface area contributed by atoms with E-state index in [9.17, 15) is 4.79 Å². The summed E-state index contributed by atoms with van der Waals surface area (Å²) in [5.74, 6) is 5.02. The maximum atomic E-state index is 11.0. The number of ether oxygens (including phenoxy) is 1. The minimum Gasteiger partial charge on any atom is -0.479 e. The summed E-state index contributed by atoms with van der Waals surface area (Å²) in [5.41, 5.74) is 2.00. The highest BCUT2D eigenvalue weighted by Crippen LogP contribution is 2.23. The molecule has 0 bridgehead atoms. The van der Waals surface area contributed by atoms with E-state index >= 15 is 0 Å². The molecule has 1 aromatic rings. The summed E-state index contributed by atoms with van der Waals surface area (Å²) in [6.45, 7) is 1.59. The van der Waals surface area contributed by atoms with Crippen molar-refractivity contribution < 1.29 is 9.53 Å². The minimum atomic E-state index is -0.667. The average Bonchev–Trinajstić information content (AvgIpc) is 2.20. The SMILES string of the molecule is C[C@@H](Oc1ccccc1Cl)C(=O)NN. The molecule has 5 heteroatoms. The Hall–Kier alpha value is -1.26. The lowest BCUT2D eigenvalue weighted by Gasteiger charge is -2.13. The molecule has 14 heavy (non-hydrogen) atoms. The van der Waals surface area contributed by atoms with Crippen molar-refractivity contribution in [3.63, 3.8) is 0 Å². The van der Waals surface area contributed by atoms with Gasteiger partial charge in [-0.1, -0.05) is 23.7 Å². The monoisotopic (exact) mass is 214 g/mol. The van der Waals surface area contributed by atoms with E-state index in [-0.39, 0.29) is 0 Å². The molecule has 0 radical (unpaired) electrons. The maximum Gasteiger partial charge on any atom is 0.274 e. The summed E-state index contributed by atoms with van der Waals surface area (Å²) in [7, 11) is 0. The van der Waals surface area contributed by atoms with Gasteiger partial charge in [0.2, 0.25) is 0 Å². The van der Waals surface area contributed by atoms with Gasteiger partial charge in [0.25, 0.3) is 5.91 Å². The fraction of sp³-hybridized carbons (Fsp3) is 0.222. The summed E-state index contributed by atoms with van der Waals surface area (Å²) in [5, 5.41) is 0.462. The van der Waals surface area contributed by atoms with Crippen molar-refractivity contribution in [3.8, 4) is 5.75 Å². The molecular weight excluding hydrogens is 204 g/mol. The summed E-state index contributed by atoms with van der Waals surface area (Å²) in [4.78, 5) is 11.0. The molecule has 1 rings (SSSR count). The largest absolute Gasteiger partial charge is 0.479 e. The molecule has 1 aromatic carbocycles. The molecule has 0 saturated carbocycles. The highest BCUT2D eigenvalue weighted by atomic mass is 35.5. The van der Waals surface area contributed by atoms with Crippen molar-refractivity contribution in [1.29, 1.82) is 0 Å². The number of amides is 1. The zero-order valence-corrected chi connectivity index (χ0v) is 8.41. The molecule has 0 spiro atoms. The first-order valence-electron chi connectivity index (χ1n) is 4.06. The number of nitrogens with one attached hydrogen (secondary N) is 1. The Kier molecular flexibility index (Phi) is 3.73. The van der Waals surface area contributed by atoms with Crippen LogP contribution in [0.1, 0.15) is 6.92 Å². The predicted octanol–water partition coefficient (Wildman–Crippen LogP) is 1.10. The fourth-order valence-corrected chi connectivity index (χ4v) is 1.08. The smallest absolute Gasteiger partial charge is 0.274 e. The van der Waals surface area contributed by atoms with Gasteiger partial charge in [-0.05, 0) is 19.1 Å². The van der Waals surface area contributed by atoms with E-state index < -0.39 is 12.0 Å². The van der Waals surface area contributed by atoms with E-state index in [1.54, 1.807) is 31.2 Å². The Morgan fingerprint density at radius 2 is 2.21 bits per heavy atom. The summed E-state index contributed by atoms with van der Waals surface area (Å²) in [6, 6.07) is 6.92. The van der Waals surface area contributed by atoms with E-state index in [4.69, 9.17) is 22.2 Å². The van der Waals surface area contributed by atoms with Gasteiger partial charge in [0, 0.05) is 0 Å². The van der Waals surface area contributed by atoms with E-state index in [2.05, 4.69) is 0 Å². The molecule has 1 atom stereocenters. The van der Waals surface area contributed by atoms with Crippen molar-refractivity contribution in [3.05, 3.63) is 29.3 Å². The van der Waals surface area contributed by atoms with Gasteiger partial charge in [0.1, 0.15) is 5.75 Å². The van der Waals surface area contributed by atoms with E-state index in [1.165, 1.54) is 0 Å². The van der Waals surface area contributed by atoms with Crippen molar-refractivity contribution in [1.82, 2.24) is 5.43 Å². The van der Waals surface area contributed by atoms with Gasteiger partial charge in [0.05, 0.1) is 5.02 Å². The number of para-hydroxylation sites is 1. The zero-order valence-electron chi connectivity index (χ0n) is 7.66. The average molecular weight is 215 g/mol. The maximum absolute atomic E-state index is 11.0.